The Morgan fingerprint density at radius 3 is 2.38 bits per heavy atom. The first-order chi connectivity index (χ1) is 12.3. The predicted molar refractivity (Wildman–Crippen MR) is 86.5 cm³/mol. The van der Waals surface area contributed by atoms with Gasteiger partial charge in [0.15, 0.2) is 18.5 Å². The number of phenolic OH excluding ortho intramolecular Hbond substituents is 1. The Bertz CT molecular complexity index is 655. The molecule has 0 amide bonds. The van der Waals surface area contributed by atoms with Crippen molar-refractivity contribution in [3.63, 3.8) is 0 Å². The third kappa shape index (κ3) is 5.02. The van der Waals surface area contributed by atoms with Crippen LogP contribution in [0.5, 0.6) is 5.75 Å². The van der Waals surface area contributed by atoms with Crippen LogP contribution in [0.25, 0.3) is 6.08 Å². The minimum absolute atomic E-state index is 0.0730. The Morgan fingerprint density at radius 1 is 1.15 bits per heavy atom. The Kier molecular flexibility index (Phi) is 6.70. The van der Waals surface area contributed by atoms with Crippen LogP contribution >= 0.6 is 0 Å². The Hall–Kier alpha value is -2.46. The van der Waals surface area contributed by atoms with Gasteiger partial charge in [0.05, 0.1) is 6.61 Å². The van der Waals surface area contributed by atoms with Crippen LogP contribution < -0.4 is 0 Å². The summed E-state index contributed by atoms with van der Waals surface area (Å²) in [6, 6.07) is 6.00. The maximum absolute atomic E-state index is 12.0. The largest absolute Gasteiger partial charge is 0.508 e. The van der Waals surface area contributed by atoms with Gasteiger partial charge in [-0.05, 0) is 23.8 Å². The number of ether oxygens (including phenoxy) is 3. The zero-order valence-electron chi connectivity index (χ0n) is 13.9. The standard InChI is InChI=1S/C17H20O9/c1-9(19)24-15-14(22)12(8-18)25-17(23)16(15)26-13(21)7-4-10-2-5-11(20)6-3-10/h2-7,12,14-18,20,22-23H,8H2,1H3/b7-4+/t12-,14-,15-,16+,17-/m0/s1. The maximum atomic E-state index is 12.0. The molecule has 26 heavy (non-hydrogen) atoms. The summed E-state index contributed by atoms with van der Waals surface area (Å²) < 4.78 is 15.0. The normalized spacial score (nSPS) is 28.7. The second-order valence-electron chi connectivity index (χ2n) is 5.64. The van der Waals surface area contributed by atoms with Crippen molar-refractivity contribution >= 4 is 18.0 Å². The molecule has 9 nitrogen and oxygen atoms in total. The molecule has 1 heterocycles. The fraction of sp³-hybridized carbons (Fsp3) is 0.412. The second kappa shape index (κ2) is 8.77. The van der Waals surface area contributed by atoms with Crippen LogP contribution in [0, 0.1) is 0 Å². The van der Waals surface area contributed by atoms with Gasteiger partial charge >= 0.3 is 11.9 Å². The van der Waals surface area contributed by atoms with Gasteiger partial charge < -0.3 is 34.6 Å². The van der Waals surface area contributed by atoms with Crippen LogP contribution in [0.1, 0.15) is 12.5 Å². The monoisotopic (exact) mass is 368 g/mol. The summed E-state index contributed by atoms with van der Waals surface area (Å²) in [4.78, 5) is 23.2. The van der Waals surface area contributed by atoms with Gasteiger partial charge in [-0.3, -0.25) is 4.79 Å². The van der Waals surface area contributed by atoms with E-state index in [-0.39, 0.29) is 5.75 Å². The van der Waals surface area contributed by atoms with Gasteiger partial charge in [0, 0.05) is 13.0 Å². The molecule has 1 aliphatic rings. The van der Waals surface area contributed by atoms with Gasteiger partial charge in [-0.25, -0.2) is 4.79 Å². The molecule has 1 saturated heterocycles. The predicted octanol–water partition coefficient (Wildman–Crippen LogP) is -0.681. The summed E-state index contributed by atoms with van der Waals surface area (Å²) in [5.41, 5.74) is 0.608. The lowest BCUT2D eigenvalue weighted by molar-refractivity contribution is -0.292. The average molecular weight is 368 g/mol. The summed E-state index contributed by atoms with van der Waals surface area (Å²) in [5, 5.41) is 38.4. The number of hydrogen-bond acceptors (Lipinski definition) is 9. The zero-order valence-corrected chi connectivity index (χ0v) is 13.9. The van der Waals surface area contributed by atoms with Crippen molar-refractivity contribution in [2.24, 2.45) is 0 Å². The Balaban J connectivity index is 2.09. The van der Waals surface area contributed by atoms with E-state index in [0.717, 1.165) is 13.0 Å². The Morgan fingerprint density at radius 2 is 1.81 bits per heavy atom. The van der Waals surface area contributed by atoms with Gasteiger partial charge in [-0.1, -0.05) is 12.1 Å². The maximum Gasteiger partial charge on any atom is 0.331 e. The molecule has 0 spiro atoms. The van der Waals surface area contributed by atoms with Crippen LogP contribution in [-0.4, -0.2) is 69.7 Å². The van der Waals surface area contributed by atoms with Crippen molar-refractivity contribution in [3.8, 4) is 5.75 Å². The number of benzene rings is 1. The molecule has 1 aromatic carbocycles. The fourth-order valence-corrected chi connectivity index (χ4v) is 2.43. The van der Waals surface area contributed by atoms with E-state index in [9.17, 15) is 24.9 Å². The van der Waals surface area contributed by atoms with E-state index in [2.05, 4.69) is 0 Å². The number of aliphatic hydroxyl groups excluding tert-OH is 3. The van der Waals surface area contributed by atoms with Crippen molar-refractivity contribution in [1.82, 2.24) is 0 Å². The van der Waals surface area contributed by atoms with Gasteiger partial charge in [0.1, 0.15) is 18.0 Å². The summed E-state index contributed by atoms with van der Waals surface area (Å²) >= 11 is 0. The van der Waals surface area contributed by atoms with E-state index in [1.54, 1.807) is 12.1 Å². The van der Waals surface area contributed by atoms with Crippen molar-refractivity contribution < 1.29 is 44.2 Å². The van der Waals surface area contributed by atoms with E-state index >= 15 is 0 Å². The SMILES string of the molecule is CC(=O)O[C@H]1[C@@H](O)[C@H](CO)O[C@H](O)[C@@H]1OC(=O)/C=C/c1ccc(O)cc1. The highest BCUT2D eigenvalue weighted by Crippen LogP contribution is 2.25. The molecule has 9 heteroatoms. The number of hydrogen-bond donors (Lipinski definition) is 4. The zero-order chi connectivity index (χ0) is 19.3. The molecule has 0 radical (unpaired) electrons. The smallest absolute Gasteiger partial charge is 0.331 e. The first-order valence-corrected chi connectivity index (χ1v) is 7.79. The van der Waals surface area contributed by atoms with Crippen LogP contribution in [0.3, 0.4) is 0 Å². The van der Waals surface area contributed by atoms with Gasteiger partial charge in [-0.15, -0.1) is 0 Å². The molecule has 1 fully saturated rings. The number of rotatable bonds is 5. The number of aromatic hydroxyl groups is 1. The molecule has 1 aliphatic heterocycles. The van der Waals surface area contributed by atoms with Crippen molar-refractivity contribution in [2.45, 2.75) is 37.6 Å². The summed E-state index contributed by atoms with van der Waals surface area (Å²) in [6.07, 6.45) is -4.80. The molecule has 0 saturated carbocycles. The number of carbonyl (C=O) groups excluding carboxylic acids is 2. The van der Waals surface area contributed by atoms with E-state index in [1.807, 2.05) is 0 Å². The third-order valence-corrected chi connectivity index (χ3v) is 3.68. The number of esters is 2. The van der Waals surface area contributed by atoms with Crippen LogP contribution in [-0.2, 0) is 23.8 Å². The quantitative estimate of drug-likeness (QED) is 0.392. The molecule has 4 N–H and O–H groups in total. The van der Waals surface area contributed by atoms with Gasteiger partial charge in [-0.2, -0.15) is 0 Å². The van der Waals surface area contributed by atoms with Crippen molar-refractivity contribution in [3.05, 3.63) is 35.9 Å². The first kappa shape index (κ1) is 19.9. The van der Waals surface area contributed by atoms with Crippen molar-refractivity contribution in [2.75, 3.05) is 6.61 Å². The molecule has 0 aliphatic carbocycles. The molecule has 142 valence electrons. The topological polar surface area (TPSA) is 143 Å². The third-order valence-electron chi connectivity index (χ3n) is 3.68. The van der Waals surface area contributed by atoms with E-state index in [1.165, 1.54) is 18.2 Å². The summed E-state index contributed by atoms with van der Waals surface area (Å²) in [7, 11) is 0. The number of phenols is 1. The summed E-state index contributed by atoms with van der Waals surface area (Å²) in [6.45, 7) is 0.462. The number of aliphatic hydroxyl groups is 3. The highest BCUT2D eigenvalue weighted by Gasteiger charge is 2.48. The lowest BCUT2D eigenvalue weighted by Crippen LogP contribution is -2.61. The molecule has 1 aromatic rings. The van der Waals surface area contributed by atoms with Crippen LogP contribution in [0.15, 0.2) is 30.3 Å². The minimum atomic E-state index is -1.70. The minimum Gasteiger partial charge on any atom is -0.508 e. The highest BCUT2D eigenvalue weighted by atomic mass is 16.7. The van der Waals surface area contributed by atoms with Gasteiger partial charge in [0.25, 0.3) is 0 Å². The van der Waals surface area contributed by atoms with Gasteiger partial charge in [0.2, 0.25) is 0 Å². The highest BCUT2D eigenvalue weighted by molar-refractivity contribution is 5.87. The van der Waals surface area contributed by atoms with Crippen molar-refractivity contribution in [1.29, 1.82) is 0 Å². The molecule has 0 bridgehead atoms. The van der Waals surface area contributed by atoms with E-state index < -0.39 is 49.3 Å². The summed E-state index contributed by atoms with van der Waals surface area (Å²) in [5.74, 6) is -1.57. The van der Waals surface area contributed by atoms with Crippen LogP contribution in [0.4, 0.5) is 0 Å². The lowest BCUT2D eigenvalue weighted by atomic mass is 9.99. The molecule has 0 unspecified atom stereocenters. The molecule has 2 rings (SSSR count). The molecule has 0 aromatic heterocycles. The van der Waals surface area contributed by atoms with E-state index in [4.69, 9.17) is 19.3 Å². The van der Waals surface area contributed by atoms with Crippen LogP contribution in [0.2, 0.25) is 0 Å². The fourth-order valence-electron chi connectivity index (χ4n) is 2.43. The molecular formula is C17H20O9. The van der Waals surface area contributed by atoms with E-state index in [0.29, 0.717) is 5.56 Å². The second-order valence-corrected chi connectivity index (χ2v) is 5.64. The Labute approximate surface area is 149 Å². The molecular weight excluding hydrogens is 348 g/mol. The number of carbonyl (C=O) groups is 2. The lowest BCUT2D eigenvalue weighted by Gasteiger charge is -2.40. The average Bonchev–Trinajstić information content (AvgIpc) is 2.60. The first-order valence-electron chi connectivity index (χ1n) is 7.79. The molecule has 5 atom stereocenters.